The Kier molecular flexibility index (Phi) is 6.65. The summed E-state index contributed by atoms with van der Waals surface area (Å²) < 4.78 is 24.8. The maximum atomic E-state index is 13.4. The van der Waals surface area contributed by atoms with Gasteiger partial charge in [0.2, 0.25) is 0 Å². The van der Waals surface area contributed by atoms with Crippen LogP contribution in [0.15, 0.2) is 54.6 Å². The number of hydrogen-bond donors (Lipinski definition) is 2. The molecule has 0 aliphatic heterocycles. The number of carbonyl (C=O) groups excluding carboxylic acids is 1. The van der Waals surface area contributed by atoms with Gasteiger partial charge in [-0.05, 0) is 37.4 Å². The van der Waals surface area contributed by atoms with Crippen molar-refractivity contribution in [1.29, 1.82) is 0 Å². The molecule has 0 saturated carbocycles. The lowest BCUT2D eigenvalue weighted by molar-refractivity contribution is -0.143. The van der Waals surface area contributed by atoms with Crippen molar-refractivity contribution in [2.45, 2.75) is 19.4 Å². The molecule has 0 radical (unpaired) electrons. The van der Waals surface area contributed by atoms with Gasteiger partial charge in [0.05, 0.1) is 5.56 Å². The molecule has 2 N–H and O–H groups in total. The van der Waals surface area contributed by atoms with E-state index in [1.54, 1.807) is 18.2 Å². The summed E-state index contributed by atoms with van der Waals surface area (Å²) in [4.78, 5) is 24.2. The van der Waals surface area contributed by atoms with E-state index in [9.17, 15) is 19.1 Å². The molecule has 0 bridgehead atoms. The highest BCUT2D eigenvalue weighted by molar-refractivity contribution is 6.30. The zero-order chi connectivity index (χ0) is 22.6. The SMILES string of the molecule is CC(C)(NC(=O)c1ccc2ccccc2c1OCCOc1cc(F)cc(Cl)c1)C(=O)O. The predicted molar refractivity (Wildman–Crippen MR) is 116 cm³/mol. The van der Waals surface area contributed by atoms with E-state index in [1.807, 2.05) is 18.2 Å². The van der Waals surface area contributed by atoms with Crippen LogP contribution < -0.4 is 14.8 Å². The number of carbonyl (C=O) groups is 2. The number of ether oxygens (including phenoxy) is 2. The summed E-state index contributed by atoms with van der Waals surface area (Å²) in [5.41, 5.74) is -1.26. The van der Waals surface area contributed by atoms with Gasteiger partial charge in [-0.2, -0.15) is 0 Å². The second kappa shape index (κ2) is 9.22. The minimum atomic E-state index is -1.46. The van der Waals surface area contributed by atoms with Crippen LogP contribution in [0, 0.1) is 5.82 Å². The number of amides is 1. The number of halogens is 2. The largest absolute Gasteiger partial charge is 0.490 e. The Labute approximate surface area is 183 Å². The van der Waals surface area contributed by atoms with E-state index in [-0.39, 0.29) is 29.5 Å². The zero-order valence-corrected chi connectivity index (χ0v) is 17.7. The van der Waals surface area contributed by atoms with Gasteiger partial charge in [-0.15, -0.1) is 0 Å². The maximum Gasteiger partial charge on any atom is 0.328 e. The van der Waals surface area contributed by atoms with Gasteiger partial charge in [-0.25, -0.2) is 9.18 Å². The van der Waals surface area contributed by atoms with Gasteiger partial charge in [0, 0.05) is 16.5 Å². The summed E-state index contributed by atoms with van der Waals surface area (Å²) in [5.74, 6) is -1.69. The van der Waals surface area contributed by atoms with Crippen molar-refractivity contribution in [3.8, 4) is 11.5 Å². The molecule has 0 spiro atoms. The first-order valence-corrected chi connectivity index (χ1v) is 9.84. The Hall–Kier alpha value is -3.32. The third-order valence-electron chi connectivity index (χ3n) is 4.52. The van der Waals surface area contributed by atoms with Gasteiger partial charge in [-0.3, -0.25) is 4.79 Å². The second-order valence-electron chi connectivity index (χ2n) is 7.35. The van der Waals surface area contributed by atoms with Gasteiger partial charge in [-0.1, -0.05) is 41.9 Å². The summed E-state index contributed by atoms with van der Waals surface area (Å²) in [5, 5.41) is 13.6. The van der Waals surface area contributed by atoms with Gasteiger partial charge in [0.15, 0.2) is 0 Å². The molecule has 0 aromatic heterocycles. The van der Waals surface area contributed by atoms with E-state index in [0.29, 0.717) is 11.1 Å². The smallest absolute Gasteiger partial charge is 0.328 e. The molecule has 1 amide bonds. The van der Waals surface area contributed by atoms with Crippen LogP contribution in [0.4, 0.5) is 4.39 Å². The van der Waals surface area contributed by atoms with E-state index in [0.717, 1.165) is 5.39 Å². The van der Waals surface area contributed by atoms with Crippen molar-refractivity contribution in [2.75, 3.05) is 13.2 Å². The molecule has 8 heteroatoms. The monoisotopic (exact) mass is 445 g/mol. The number of nitrogens with one attached hydrogen (secondary N) is 1. The standard InChI is InChI=1S/C23H21ClFNO5/c1-23(2,22(28)29)26-21(27)19-8-7-14-5-3-4-6-18(14)20(19)31-10-9-30-17-12-15(24)11-16(25)13-17/h3-8,11-13H,9-10H2,1-2H3,(H,26,27)(H,28,29). The van der Waals surface area contributed by atoms with Crippen LogP contribution in [0.25, 0.3) is 10.8 Å². The lowest BCUT2D eigenvalue weighted by Gasteiger charge is -2.22. The summed E-state index contributed by atoms with van der Waals surface area (Å²) in [6.07, 6.45) is 0. The Balaban J connectivity index is 1.81. The molecular formula is C23H21ClFNO5. The Morgan fingerprint density at radius 2 is 1.77 bits per heavy atom. The summed E-state index contributed by atoms with van der Waals surface area (Å²) in [6, 6.07) is 14.5. The number of benzene rings is 3. The fourth-order valence-corrected chi connectivity index (χ4v) is 3.11. The lowest BCUT2D eigenvalue weighted by Crippen LogP contribution is -2.49. The van der Waals surface area contributed by atoms with Gasteiger partial charge >= 0.3 is 5.97 Å². The van der Waals surface area contributed by atoms with E-state index in [1.165, 1.54) is 32.0 Å². The highest BCUT2D eigenvalue weighted by Crippen LogP contribution is 2.30. The number of aliphatic carboxylic acids is 1. The minimum Gasteiger partial charge on any atom is -0.490 e. The molecule has 6 nitrogen and oxygen atoms in total. The Morgan fingerprint density at radius 3 is 2.48 bits per heavy atom. The van der Waals surface area contributed by atoms with Crippen molar-refractivity contribution in [3.63, 3.8) is 0 Å². The molecule has 162 valence electrons. The second-order valence-corrected chi connectivity index (χ2v) is 7.79. The molecule has 3 rings (SSSR count). The third-order valence-corrected chi connectivity index (χ3v) is 4.74. The molecule has 31 heavy (non-hydrogen) atoms. The fourth-order valence-electron chi connectivity index (χ4n) is 2.90. The van der Waals surface area contributed by atoms with E-state index in [4.69, 9.17) is 21.1 Å². The molecule has 0 aliphatic carbocycles. The van der Waals surface area contributed by atoms with Crippen LogP contribution in [0.3, 0.4) is 0 Å². The maximum absolute atomic E-state index is 13.4. The van der Waals surface area contributed by atoms with Crippen molar-refractivity contribution in [1.82, 2.24) is 5.32 Å². The molecule has 0 unspecified atom stereocenters. The van der Waals surface area contributed by atoms with Crippen molar-refractivity contribution in [2.24, 2.45) is 0 Å². The summed E-state index contributed by atoms with van der Waals surface area (Å²) in [6.45, 7) is 2.93. The molecule has 3 aromatic carbocycles. The molecular weight excluding hydrogens is 425 g/mol. The topological polar surface area (TPSA) is 84.9 Å². The number of rotatable bonds is 8. The van der Waals surface area contributed by atoms with Crippen LogP contribution in [-0.2, 0) is 4.79 Å². The third kappa shape index (κ3) is 5.44. The Morgan fingerprint density at radius 1 is 1.06 bits per heavy atom. The molecule has 0 heterocycles. The number of carboxylic acids is 1. The number of hydrogen-bond acceptors (Lipinski definition) is 4. The number of carboxylic acid groups (broad SMARTS) is 1. The minimum absolute atomic E-state index is 0.0603. The molecule has 3 aromatic rings. The van der Waals surface area contributed by atoms with Crippen LogP contribution >= 0.6 is 11.6 Å². The van der Waals surface area contributed by atoms with Crippen LogP contribution in [0.5, 0.6) is 11.5 Å². The van der Waals surface area contributed by atoms with Gasteiger partial charge in [0.25, 0.3) is 5.91 Å². The van der Waals surface area contributed by atoms with Crippen LogP contribution in [-0.4, -0.2) is 35.7 Å². The van der Waals surface area contributed by atoms with E-state index in [2.05, 4.69) is 5.32 Å². The average molecular weight is 446 g/mol. The van der Waals surface area contributed by atoms with Crippen molar-refractivity contribution < 1.29 is 28.6 Å². The van der Waals surface area contributed by atoms with Crippen molar-refractivity contribution >= 4 is 34.2 Å². The molecule has 0 aliphatic rings. The quantitative estimate of drug-likeness (QED) is 0.492. The first kappa shape index (κ1) is 22.4. The normalized spacial score (nSPS) is 11.2. The summed E-state index contributed by atoms with van der Waals surface area (Å²) in [7, 11) is 0. The number of fused-ring (bicyclic) bond motifs is 1. The Bertz CT molecular complexity index is 1110. The van der Waals surface area contributed by atoms with E-state index >= 15 is 0 Å². The fraction of sp³-hybridized carbons (Fsp3) is 0.217. The predicted octanol–water partition coefficient (Wildman–Crippen LogP) is 4.68. The summed E-state index contributed by atoms with van der Waals surface area (Å²) >= 11 is 5.82. The zero-order valence-electron chi connectivity index (χ0n) is 16.9. The van der Waals surface area contributed by atoms with Gasteiger partial charge < -0.3 is 19.9 Å². The molecule has 0 saturated heterocycles. The average Bonchev–Trinajstić information content (AvgIpc) is 2.69. The van der Waals surface area contributed by atoms with Crippen molar-refractivity contribution in [3.05, 3.63) is 71.0 Å². The highest BCUT2D eigenvalue weighted by Gasteiger charge is 2.30. The van der Waals surface area contributed by atoms with Gasteiger partial charge in [0.1, 0.15) is 36.1 Å². The van der Waals surface area contributed by atoms with Crippen LogP contribution in [0.2, 0.25) is 5.02 Å². The highest BCUT2D eigenvalue weighted by atomic mass is 35.5. The molecule has 0 fully saturated rings. The lowest BCUT2D eigenvalue weighted by atomic mass is 10.0. The van der Waals surface area contributed by atoms with Crippen LogP contribution in [0.1, 0.15) is 24.2 Å². The first-order valence-electron chi connectivity index (χ1n) is 9.47. The van der Waals surface area contributed by atoms with E-state index < -0.39 is 23.2 Å². The first-order chi connectivity index (χ1) is 14.7. The molecule has 0 atom stereocenters.